The Morgan fingerprint density at radius 2 is 1.86 bits per heavy atom. The van der Waals surface area contributed by atoms with E-state index in [0.717, 1.165) is 49.2 Å². The van der Waals surface area contributed by atoms with Gasteiger partial charge < -0.3 is 10.6 Å². The minimum atomic E-state index is -0.354. The maximum absolute atomic E-state index is 13.2. The first kappa shape index (κ1) is 14.9. The van der Waals surface area contributed by atoms with Crippen LogP contribution in [-0.2, 0) is 10.2 Å². The molecule has 0 unspecified atom stereocenters. The van der Waals surface area contributed by atoms with E-state index in [1.165, 1.54) is 6.42 Å². The van der Waals surface area contributed by atoms with Crippen molar-refractivity contribution < 1.29 is 4.79 Å². The molecule has 1 aromatic carbocycles. The Morgan fingerprint density at radius 3 is 2.43 bits per heavy atom. The van der Waals surface area contributed by atoms with Gasteiger partial charge in [0.2, 0.25) is 5.91 Å². The first-order valence-corrected chi connectivity index (χ1v) is 8.31. The van der Waals surface area contributed by atoms with Crippen LogP contribution in [0.25, 0.3) is 0 Å². The van der Waals surface area contributed by atoms with E-state index >= 15 is 0 Å². The average molecular weight is 307 g/mol. The summed E-state index contributed by atoms with van der Waals surface area (Å²) < 4.78 is 0. The minimum absolute atomic E-state index is 0.139. The van der Waals surface area contributed by atoms with Gasteiger partial charge in [-0.2, -0.15) is 0 Å². The molecule has 1 saturated carbocycles. The molecule has 1 saturated heterocycles. The molecule has 3 nitrogen and oxygen atoms in total. The van der Waals surface area contributed by atoms with Crippen LogP contribution in [0.15, 0.2) is 24.3 Å². The van der Waals surface area contributed by atoms with Crippen molar-refractivity contribution in [1.82, 2.24) is 4.90 Å². The molecule has 1 aliphatic carbocycles. The highest BCUT2D eigenvalue weighted by Crippen LogP contribution is 2.41. The van der Waals surface area contributed by atoms with Crippen LogP contribution in [0.5, 0.6) is 0 Å². The number of rotatable bonds is 2. The van der Waals surface area contributed by atoms with Crippen molar-refractivity contribution in [3.63, 3.8) is 0 Å². The highest BCUT2D eigenvalue weighted by molar-refractivity contribution is 6.30. The van der Waals surface area contributed by atoms with Gasteiger partial charge in [-0.05, 0) is 37.0 Å². The Bertz CT molecular complexity index is 508. The zero-order chi connectivity index (χ0) is 14.9. The van der Waals surface area contributed by atoms with E-state index in [-0.39, 0.29) is 17.4 Å². The Kier molecular flexibility index (Phi) is 4.23. The van der Waals surface area contributed by atoms with Gasteiger partial charge in [0.05, 0.1) is 5.41 Å². The molecule has 21 heavy (non-hydrogen) atoms. The Morgan fingerprint density at radius 1 is 1.19 bits per heavy atom. The van der Waals surface area contributed by atoms with Crippen molar-refractivity contribution in [1.29, 1.82) is 0 Å². The van der Waals surface area contributed by atoms with Crippen LogP contribution in [-0.4, -0.2) is 29.9 Å². The predicted octanol–water partition coefficient (Wildman–Crippen LogP) is 3.10. The van der Waals surface area contributed by atoms with Crippen LogP contribution < -0.4 is 5.73 Å². The number of hydrogen-bond donors (Lipinski definition) is 1. The largest absolute Gasteiger partial charge is 0.340 e. The average Bonchev–Trinajstić information content (AvgIpc) is 2.94. The molecule has 1 aliphatic heterocycles. The number of halogens is 1. The smallest absolute Gasteiger partial charge is 0.233 e. The summed E-state index contributed by atoms with van der Waals surface area (Å²) in [5, 5.41) is 0.723. The normalized spacial score (nSPS) is 25.0. The summed E-state index contributed by atoms with van der Waals surface area (Å²) in [5.74, 6) is 0.275. The van der Waals surface area contributed by atoms with Gasteiger partial charge in [-0.15, -0.1) is 0 Å². The fraction of sp³-hybridized carbons (Fsp3) is 0.588. The summed E-state index contributed by atoms with van der Waals surface area (Å²) in [6, 6.07) is 8.00. The standard InChI is InChI=1S/C17H23ClN2O/c18-14-6-4-13(5-7-14)17(9-2-1-3-10-17)16(21)20-11-8-15(19)12-20/h4-7,15H,1-3,8-12,19H2/t15-/m1/s1. The van der Waals surface area contributed by atoms with E-state index in [2.05, 4.69) is 0 Å². The molecule has 2 aliphatic rings. The molecule has 1 atom stereocenters. The highest BCUT2D eigenvalue weighted by Gasteiger charge is 2.44. The maximum atomic E-state index is 13.2. The summed E-state index contributed by atoms with van der Waals surface area (Å²) in [4.78, 5) is 15.2. The zero-order valence-corrected chi connectivity index (χ0v) is 13.1. The third-order valence-corrected chi connectivity index (χ3v) is 5.28. The maximum Gasteiger partial charge on any atom is 0.233 e. The predicted molar refractivity (Wildman–Crippen MR) is 85.4 cm³/mol. The van der Waals surface area contributed by atoms with Crippen molar-refractivity contribution in [2.75, 3.05) is 13.1 Å². The zero-order valence-electron chi connectivity index (χ0n) is 12.4. The Hall–Kier alpha value is -1.06. The molecule has 0 aromatic heterocycles. The second kappa shape index (κ2) is 5.98. The molecule has 1 amide bonds. The molecule has 4 heteroatoms. The molecule has 1 heterocycles. The van der Waals surface area contributed by atoms with Crippen LogP contribution >= 0.6 is 11.6 Å². The summed E-state index contributed by atoms with van der Waals surface area (Å²) in [7, 11) is 0. The number of hydrogen-bond acceptors (Lipinski definition) is 2. The number of amides is 1. The van der Waals surface area contributed by atoms with Gasteiger partial charge in [-0.3, -0.25) is 4.79 Å². The fourth-order valence-electron chi connectivity index (χ4n) is 3.82. The molecule has 3 rings (SSSR count). The Labute approximate surface area is 131 Å². The lowest BCUT2D eigenvalue weighted by Crippen LogP contribution is -2.47. The van der Waals surface area contributed by atoms with Crippen LogP contribution in [0.4, 0.5) is 0 Å². The number of benzene rings is 1. The molecule has 0 radical (unpaired) electrons. The molecule has 114 valence electrons. The number of likely N-dealkylation sites (tertiary alicyclic amines) is 1. The molecule has 2 fully saturated rings. The summed E-state index contributed by atoms with van der Waals surface area (Å²) in [6.07, 6.45) is 6.27. The molecule has 0 bridgehead atoms. The molecular weight excluding hydrogens is 284 g/mol. The van der Waals surface area contributed by atoms with E-state index < -0.39 is 0 Å². The van der Waals surface area contributed by atoms with Gasteiger partial charge in [0.15, 0.2) is 0 Å². The monoisotopic (exact) mass is 306 g/mol. The van der Waals surface area contributed by atoms with Crippen molar-refractivity contribution in [3.05, 3.63) is 34.9 Å². The quantitative estimate of drug-likeness (QED) is 0.912. The Balaban J connectivity index is 1.92. The number of nitrogens with zero attached hydrogens (tertiary/aromatic N) is 1. The first-order valence-electron chi connectivity index (χ1n) is 7.93. The molecule has 2 N–H and O–H groups in total. The molecular formula is C17H23ClN2O. The fourth-order valence-corrected chi connectivity index (χ4v) is 3.95. The van der Waals surface area contributed by atoms with E-state index in [1.54, 1.807) is 0 Å². The van der Waals surface area contributed by atoms with Crippen LogP contribution in [0.2, 0.25) is 5.02 Å². The van der Waals surface area contributed by atoms with Gasteiger partial charge in [0, 0.05) is 24.2 Å². The van der Waals surface area contributed by atoms with Gasteiger partial charge >= 0.3 is 0 Å². The van der Waals surface area contributed by atoms with E-state index in [9.17, 15) is 4.79 Å². The summed E-state index contributed by atoms with van der Waals surface area (Å²) in [5.41, 5.74) is 6.75. The molecule has 1 aromatic rings. The number of carbonyl (C=O) groups excluding carboxylic acids is 1. The summed E-state index contributed by atoms with van der Waals surface area (Å²) >= 11 is 6.01. The third kappa shape index (κ3) is 2.82. The van der Waals surface area contributed by atoms with Crippen molar-refractivity contribution in [2.45, 2.75) is 50.0 Å². The van der Waals surface area contributed by atoms with Crippen molar-refractivity contribution in [3.8, 4) is 0 Å². The van der Waals surface area contributed by atoms with E-state index in [0.29, 0.717) is 6.54 Å². The highest BCUT2D eigenvalue weighted by atomic mass is 35.5. The van der Waals surface area contributed by atoms with Gasteiger partial charge in [-0.25, -0.2) is 0 Å². The SMILES string of the molecule is N[C@@H]1CCN(C(=O)C2(c3ccc(Cl)cc3)CCCCC2)C1. The van der Waals surface area contributed by atoms with Crippen molar-refractivity contribution in [2.24, 2.45) is 5.73 Å². The number of carbonyl (C=O) groups is 1. The second-order valence-electron chi connectivity index (χ2n) is 6.45. The number of nitrogens with two attached hydrogens (primary N) is 1. The van der Waals surface area contributed by atoms with Gasteiger partial charge in [0.25, 0.3) is 0 Å². The lowest BCUT2D eigenvalue weighted by Gasteiger charge is -2.39. The second-order valence-corrected chi connectivity index (χ2v) is 6.89. The van der Waals surface area contributed by atoms with Crippen LogP contribution in [0.3, 0.4) is 0 Å². The molecule has 0 spiro atoms. The van der Waals surface area contributed by atoms with E-state index in [4.69, 9.17) is 17.3 Å². The topological polar surface area (TPSA) is 46.3 Å². The van der Waals surface area contributed by atoms with Gasteiger partial charge in [0.1, 0.15) is 0 Å². The minimum Gasteiger partial charge on any atom is -0.340 e. The van der Waals surface area contributed by atoms with Gasteiger partial charge in [-0.1, -0.05) is 43.0 Å². The lowest BCUT2D eigenvalue weighted by atomic mass is 9.68. The van der Waals surface area contributed by atoms with Crippen molar-refractivity contribution >= 4 is 17.5 Å². The van der Waals surface area contributed by atoms with Crippen LogP contribution in [0, 0.1) is 0 Å². The third-order valence-electron chi connectivity index (χ3n) is 5.03. The summed E-state index contributed by atoms with van der Waals surface area (Å²) in [6.45, 7) is 1.50. The van der Waals surface area contributed by atoms with Crippen LogP contribution in [0.1, 0.15) is 44.1 Å². The first-order chi connectivity index (χ1) is 10.1. The lowest BCUT2D eigenvalue weighted by molar-refractivity contribution is -0.137. The van der Waals surface area contributed by atoms with E-state index in [1.807, 2.05) is 29.2 Å².